The SMILES string of the molecule is CC(C)CC(NC(=O)C(N)C(C)O)C(=O)NC(C)C(=O)NC(CCC(=O)O)C(=O)O. The summed E-state index contributed by atoms with van der Waals surface area (Å²) in [5, 5.41) is 34.2. The maximum atomic E-state index is 12.6. The topological polar surface area (TPSA) is 208 Å². The van der Waals surface area contributed by atoms with Crippen molar-refractivity contribution in [3.05, 3.63) is 0 Å². The van der Waals surface area contributed by atoms with Gasteiger partial charge >= 0.3 is 11.9 Å². The molecule has 0 saturated carbocycles. The quantitative estimate of drug-likeness (QED) is 0.174. The third kappa shape index (κ3) is 10.2. The number of aliphatic hydroxyl groups is 1. The summed E-state index contributed by atoms with van der Waals surface area (Å²) in [6.45, 7) is 6.28. The van der Waals surface area contributed by atoms with Crippen LogP contribution >= 0.6 is 0 Å². The van der Waals surface area contributed by atoms with Gasteiger partial charge in [0.25, 0.3) is 0 Å². The van der Waals surface area contributed by atoms with Crippen LogP contribution in [0.3, 0.4) is 0 Å². The van der Waals surface area contributed by atoms with Gasteiger partial charge in [0.1, 0.15) is 24.2 Å². The van der Waals surface area contributed by atoms with Gasteiger partial charge in [-0.05, 0) is 32.6 Å². The van der Waals surface area contributed by atoms with Gasteiger partial charge < -0.3 is 37.0 Å². The number of carbonyl (C=O) groups is 5. The number of hydrogen-bond donors (Lipinski definition) is 7. The van der Waals surface area contributed by atoms with Crippen molar-refractivity contribution in [3.8, 4) is 0 Å². The summed E-state index contributed by atoms with van der Waals surface area (Å²) in [4.78, 5) is 58.7. The van der Waals surface area contributed by atoms with Crippen LogP contribution in [-0.2, 0) is 24.0 Å². The molecule has 5 atom stereocenters. The van der Waals surface area contributed by atoms with E-state index in [1.807, 2.05) is 13.8 Å². The van der Waals surface area contributed by atoms with E-state index in [0.717, 1.165) is 0 Å². The Hall–Kier alpha value is -2.73. The Morgan fingerprint density at radius 2 is 1.37 bits per heavy atom. The fourth-order valence-electron chi connectivity index (χ4n) is 2.39. The number of aliphatic hydroxyl groups excluding tert-OH is 1. The fraction of sp³-hybridized carbons (Fsp3) is 0.722. The van der Waals surface area contributed by atoms with Crippen LogP contribution in [0.1, 0.15) is 47.0 Å². The summed E-state index contributed by atoms with van der Waals surface area (Å²) in [6.07, 6.45) is -1.67. The van der Waals surface area contributed by atoms with Gasteiger partial charge in [0.2, 0.25) is 17.7 Å². The second-order valence-electron chi connectivity index (χ2n) is 7.52. The van der Waals surface area contributed by atoms with E-state index in [-0.39, 0.29) is 18.8 Å². The van der Waals surface area contributed by atoms with Crippen LogP contribution in [0.4, 0.5) is 0 Å². The van der Waals surface area contributed by atoms with Crippen LogP contribution in [0, 0.1) is 5.92 Å². The lowest BCUT2D eigenvalue weighted by Crippen LogP contribution is -2.57. The van der Waals surface area contributed by atoms with Gasteiger partial charge in [0.05, 0.1) is 6.10 Å². The zero-order chi connectivity index (χ0) is 23.6. The zero-order valence-electron chi connectivity index (χ0n) is 17.5. The first kappa shape index (κ1) is 27.3. The van der Waals surface area contributed by atoms with E-state index in [4.69, 9.17) is 15.9 Å². The van der Waals surface area contributed by atoms with Crippen LogP contribution in [0.25, 0.3) is 0 Å². The number of carbonyl (C=O) groups excluding carboxylic acids is 3. The van der Waals surface area contributed by atoms with Crippen molar-refractivity contribution in [2.24, 2.45) is 11.7 Å². The third-order valence-corrected chi connectivity index (χ3v) is 4.18. The van der Waals surface area contributed by atoms with Crippen LogP contribution < -0.4 is 21.7 Å². The molecule has 0 bridgehead atoms. The molecule has 30 heavy (non-hydrogen) atoms. The highest BCUT2D eigenvalue weighted by Gasteiger charge is 2.29. The average Bonchev–Trinajstić information content (AvgIpc) is 2.62. The Kier molecular flexibility index (Phi) is 11.6. The minimum absolute atomic E-state index is 0.000340. The molecule has 3 amide bonds. The van der Waals surface area contributed by atoms with Crippen LogP contribution in [0.2, 0.25) is 0 Å². The number of carboxylic acid groups (broad SMARTS) is 2. The Bertz CT molecular complexity index is 638. The Morgan fingerprint density at radius 3 is 1.80 bits per heavy atom. The number of hydrogen-bond acceptors (Lipinski definition) is 7. The summed E-state index contributed by atoms with van der Waals surface area (Å²) in [7, 11) is 0. The standard InChI is InChI=1S/C18H32N4O8/c1-8(2)7-12(22-17(28)14(19)10(4)23)16(27)20-9(3)15(26)21-11(18(29)30)5-6-13(24)25/h8-12,14,23H,5-7,19H2,1-4H3,(H,20,27)(H,21,26)(H,22,28)(H,24,25)(H,29,30). The summed E-state index contributed by atoms with van der Waals surface area (Å²) >= 11 is 0. The van der Waals surface area contributed by atoms with Gasteiger partial charge in [0.15, 0.2) is 0 Å². The molecule has 0 rings (SSSR count). The molecule has 12 heteroatoms. The lowest BCUT2D eigenvalue weighted by Gasteiger charge is -2.25. The Balaban J connectivity index is 5.06. The highest BCUT2D eigenvalue weighted by Crippen LogP contribution is 2.07. The van der Waals surface area contributed by atoms with Crippen LogP contribution in [-0.4, -0.2) is 75.3 Å². The predicted octanol–water partition coefficient (Wildman–Crippen LogP) is -1.84. The molecule has 172 valence electrons. The van der Waals surface area contributed by atoms with E-state index in [2.05, 4.69) is 16.0 Å². The van der Waals surface area contributed by atoms with Crippen molar-refractivity contribution >= 4 is 29.7 Å². The van der Waals surface area contributed by atoms with E-state index < -0.39 is 66.4 Å². The molecule has 0 saturated heterocycles. The number of nitrogens with two attached hydrogens (primary N) is 1. The van der Waals surface area contributed by atoms with Crippen molar-refractivity contribution in [2.45, 2.75) is 77.2 Å². The van der Waals surface area contributed by atoms with Crippen molar-refractivity contribution in [3.63, 3.8) is 0 Å². The fourth-order valence-corrected chi connectivity index (χ4v) is 2.39. The third-order valence-electron chi connectivity index (χ3n) is 4.18. The maximum Gasteiger partial charge on any atom is 0.326 e. The van der Waals surface area contributed by atoms with Crippen LogP contribution in [0.15, 0.2) is 0 Å². The highest BCUT2D eigenvalue weighted by atomic mass is 16.4. The molecule has 0 aliphatic carbocycles. The van der Waals surface area contributed by atoms with Gasteiger partial charge in [-0.25, -0.2) is 4.79 Å². The smallest absolute Gasteiger partial charge is 0.326 e. The molecule has 12 nitrogen and oxygen atoms in total. The minimum atomic E-state index is -1.43. The van der Waals surface area contributed by atoms with E-state index in [1.165, 1.54) is 13.8 Å². The molecule has 0 aromatic carbocycles. The average molecular weight is 432 g/mol. The van der Waals surface area contributed by atoms with Crippen molar-refractivity contribution in [1.29, 1.82) is 0 Å². The first-order chi connectivity index (χ1) is 13.8. The molecule has 0 aromatic rings. The number of aliphatic carboxylic acids is 2. The zero-order valence-corrected chi connectivity index (χ0v) is 17.5. The minimum Gasteiger partial charge on any atom is -0.481 e. The molecule has 0 aliphatic rings. The van der Waals surface area contributed by atoms with E-state index in [1.54, 1.807) is 0 Å². The lowest BCUT2D eigenvalue weighted by atomic mass is 10.0. The predicted molar refractivity (Wildman–Crippen MR) is 105 cm³/mol. The van der Waals surface area contributed by atoms with Crippen molar-refractivity contribution in [2.75, 3.05) is 0 Å². The van der Waals surface area contributed by atoms with Gasteiger partial charge in [-0.15, -0.1) is 0 Å². The molecule has 0 radical (unpaired) electrons. The molecule has 0 fully saturated rings. The number of nitrogens with one attached hydrogen (secondary N) is 3. The van der Waals surface area contributed by atoms with E-state index >= 15 is 0 Å². The monoisotopic (exact) mass is 432 g/mol. The summed E-state index contributed by atoms with van der Waals surface area (Å²) in [6, 6.07) is -4.84. The summed E-state index contributed by atoms with van der Waals surface area (Å²) in [5.41, 5.74) is 5.57. The Labute approximate surface area is 174 Å². The molecule has 0 heterocycles. The van der Waals surface area contributed by atoms with Gasteiger partial charge in [-0.2, -0.15) is 0 Å². The lowest BCUT2D eigenvalue weighted by molar-refractivity contribution is -0.143. The number of carboxylic acids is 2. The second kappa shape index (κ2) is 12.8. The molecule has 0 spiro atoms. The largest absolute Gasteiger partial charge is 0.481 e. The summed E-state index contributed by atoms with van der Waals surface area (Å²) < 4.78 is 0. The summed E-state index contributed by atoms with van der Waals surface area (Å²) in [5.74, 6) is -4.85. The molecule has 0 aliphatic heterocycles. The first-order valence-corrected chi connectivity index (χ1v) is 9.55. The van der Waals surface area contributed by atoms with E-state index in [0.29, 0.717) is 0 Å². The molecular weight excluding hydrogens is 400 g/mol. The maximum absolute atomic E-state index is 12.6. The molecular formula is C18H32N4O8. The van der Waals surface area contributed by atoms with Gasteiger partial charge in [-0.3, -0.25) is 19.2 Å². The number of amides is 3. The molecule has 0 aromatic heterocycles. The van der Waals surface area contributed by atoms with Crippen molar-refractivity contribution < 1.29 is 39.3 Å². The normalized spacial score (nSPS) is 16.0. The molecule has 5 unspecified atom stereocenters. The highest BCUT2D eigenvalue weighted by molar-refractivity contribution is 5.94. The van der Waals surface area contributed by atoms with Gasteiger partial charge in [0, 0.05) is 6.42 Å². The van der Waals surface area contributed by atoms with E-state index in [9.17, 15) is 29.1 Å². The van der Waals surface area contributed by atoms with Crippen molar-refractivity contribution in [1.82, 2.24) is 16.0 Å². The molecule has 8 N–H and O–H groups in total. The number of rotatable bonds is 13. The van der Waals surface area contributed by atoms with Crippen LogP contribution in [0.5, 0.6) is 0 Å². The van der Waals surface area contributed by atoms with Gasteiger partial charge in [-0.1, -0.05) is 13.8 Å². The first-order valence-electron chi connectivity index (χ1n) is 9.55. The Morgan fingerprint density at radius 1 is 0.833 bits per heavy atom. The second-order valence-corrected chi connectivity index (χ2v) is 7.52.